The van der Waals surface area contributed by atoms with Gasteiger partial charge >= 0.3 is 0 Å². The first-order valence-corrected chi connectivity index (χ1v) is 20.3. The molecule has 0 amide bonds. The normalized spacial score (nSPS) is 10.6. The summed E-state index contributed by atoms with van der Waals surface area (Å²) < 4.78 is 0. The number of hydrogen-bond acceptors (Lipinski definition) is 3. The highest BCUT2D eigenvalue weighted by atomic mass is 15.1. The molecule has 10 rings (SSSR count). The van der Waals surface area contributed by atoms with Gasteiger partial charge in [-0.1, -0.05) is 121 Å². The van der Waals surface area contributed by atoms with E-state index in [1.54, 1.807) is 0 Å². The Morgan fingerprint density at radius 1 is 0.355 bits per heavy atom. The van der Waals surface area contributed by atoms with Gasteiger partial charge < -0.3 is 9.80 Å². The molecule has 62 heavy (non-hydrogen) atoms. The van der Waals surface area contributed by atoms with Gasteiger partial charge in [0.2, 0.25) is 0 Å². The number of anilines is 6. The van der Waals surface area contributed by atoms with Crippen LogP contribution in [-0.2, 0) is 0 Å². The second kappa shape index (κ2) is 16.3. The maximum absolute atomic E-state index is 10.4. The van der Waals surface area contributed by atoms with Gasteiger partial charge in [0.15, 0.2) is 5.69 Å². The lowest BCUT2D eigenvalue weighted by Crippen LogP contribution is -2.09. The highest BCUT2D eigenvalue weighted by Crippen LogP contribution is 2.43. The third-order valence-corrected chi connectivity index (χ3v) is 11.1. The highest BCUT2D eigenvalue weighted by Gasteiger charge is 2.18. The van der Waals surface area contributed by atoms with E-state index >= 15 is 0 Å². The van der Waals surface area contributed by atoms with Gasteiger partial charge in [-0.25, -0.2) is 4.85 Å². The average molecular weight is 787 g/mol. The van der Waals surface area contributed by atoms with Crippen LogP contribution in [0.3, 0.4) is 0 Å². The summed E-state index contributed by atoms with van der Waals surface area (Å²) in [6.45, 7) is 8.17. The summed E-state index contributed by atoms with van der Waals surface area (Å²) in [4.78, 5) is 8.40. The summed E-state index contributed by atoms with van der Waals surface area (Å²) in [5.74, 6) is 13.6. The van der Waals surface area contributed by atoms with Crippen LogP contribution < -0.4 is 9.80 Å². The lowest BCUT2D eigenvalue weighted by Gasteiger charge is -2.25. The molecule has 0 N–H and O–H groups in total. The van der Waals surface area contributed by atoms with Crippen molar-refractivity contribution in [2.75, 3.05) is 9.80 Å². The third-order valence-electron chi connectivity index (χ3n) is 11.1. The van der Waals surface area contributed by atoms with Gasteiger partial charge in [0, 0.05) is 61.8 Å². The van der Waals surface area contributed by atoms with Crippen molar-refractivity contribution in [3.63, 3.8) is 0 Å². The molecule has 0 fully saturated rings. The van der Waals surface area contributed by atoms with Crippen LogP contribution in [0.2, 0.25) is 0 Å². The maximum atomic E-state index is 10.4. The lowest BCUT2D eigenvalue weighted by molar-refractivity contribution is 1.28. The highest BCUT2D eigenvalue weighted by molar-refractivity contribution is 6.28. The molecule has 0 aliphatic heterocycles. The van der Waals surface area contributed by atoms with Crippen molar-refractivity contribution in [1.82, 2.24) is 0 Å². The van der Waals surface area contributed by atoms with E-state index < -0.39 is 0 Å². The minimum Gasteiger partial charge on any atom is -0.311 e. The predicted octanol–water partition coefficient (Wildman–Crippen LogP) is 14.7. The molecule has 0 radical (unpaired) electrons. The van der Waals surface area contributed by atoms with Gasteiger partial charge in [-0.3, -0.25) is 0 Å². The zero-order chi connectivity index (χ0) is 41.8. The zero-order valence-corrected chi connectivity index (χ0v) is 33.4. The summed E-state index contributed by atoms with van der Waals surface area (Å²) in [7, 11) is 0. The second-order valence-corrected chi connectivity index (χ2v) is 14.8. The smallest absolute Gasteiger partial charge is 0.196 e. The standard InChI is InChI=1S/C58H34N4/c1-60-56-39-44(29-23-42-26-32-51(33-27-42)62(48-18-10-4-11-19-48)49-20-12-5-13-21-49)53-34-35-54-45(40-59)38-43(52-36-37-55(56)58(53)57(52)54)28-22-41-24-30-50(31-25-41)61(46-14-6-2-7-15-46)47-16-8-3-9-17-47/h2-21,24-27,30-39H. The summed E-state index contributed by atoms with van der Waals surface area (Å²) in [5, 5.41) is 15.8. The number of rotatable bonds is 6. The van der Waals surface area contributed by atoms with Crippen molar-refractivity contribution in [3.8, 4) is 29.8 Å². The molecule has 0 spiro atoms. The van der Waals surface area contributed by atoms with Crippen LogP contribution >= 0.6 is 0 Å². The van der Waals surface area contributed by atoms with E-state index in [0.717, 1.165) is 88.7 Å². The molecule has 0 bridgehead atoms. The molecule has 4 heteroatoms. The van der Waals surface area contributed by atoms with Crippen LogP contribution in [0.25, 0.3) is 37.2 Å². The Kier molecular flexibility index (Phi) is 9.79. The minimum absolute atomic E-state index is 0.517. The summed E-state index contributed by atoms with van der Waals surface area (Å²) in [6, 6.07) is 72.0. The number of nitrogens with zero attached hydrogens (tertiary/aromatic N) is 4. The Morgan fingerprint density at radius 2 is 0.694 bits per heavy atom. The van der Waals surface area contributed by atoms with E-state index in [9.17, 15) is 5.26 Å². The average Bonchev–Trinajstić information content (AvgIpc) is 3.34. The fourth-order valence-corrected chi connectivity index (χ4v) is 8.24. The van der Waals surface area contributed by atoms with E-state index in [1.807, 2.05) is 133 Å². The first kappa shape index (κ1) is 37.2. The second-order valence-electron chi connectivity index (χ2n) is 14.8. The third kappa shape index (κ3) is 6.98. The van der Waals surface area contributed by atoms with E-state index in [4.69, 9.17) is 6.57 Å². The van der Waals surface area contributed by atoms with Crippen LogP contribution in [0.5, 0.6) is 0 Å². The zero-order valence-electron chi connectivity index (χ0n) is 33.4. The largest absolute Gasteiger partial charge is 0.311 e. The molecular formula is C58H34N4. The van der Waals surface area contributed by atoms with Crippen LogP contribution in [0.1, 0.15) is 27.8 Å². The van der Waals surface area contributed by atoms with E-state index in [0.29, 0.717) is 11.3 Å². The number of hydrogen-bond donors (Lipinski definition) is 0. The minimum atomic E-state index is 0.517. The van der Waals surface area contributed by atoms with Gasteiger partial charge in [0.1, 0.15) is 0 Å². The van der Waals surface area contributed by atoms with Gasteiger partial charge in [-0.15, -0.1) is 0 Å². The van der Waals surface area contributed by atoms with Crippen molar-refractivity contribution in [2.24, 2.45) is 0 Å². The Hall–Kier alpha value is -9.06. The van der Waals surface area contributed by atoms with Crippen molar-refractivity contribution < 1.29 is 0 Å². The fourth-order valence-electron chi connectivity index (χ4n) is 8.24. The molecular weight excluding hydrogens is 753 g/mol. The Morgan fingerprint density at radius 3 is 1.08 bits per heavy atom. The summed E-state index contributed by atoms with van der Waals surface area (Å²) >= 11 is 0. The van der Waals surface area contributed by atoms with Crippen LogP contribution in [0.15, 0.2) is 206 Å². The van der Waals surface area contributed by atoms with Gasteiger partial charge in [0.05, 0.1) is 18.2 Å². The van der Waals surface area contributed by atoms with Crippen molar-refractivity contribution in [1.29, 1.82) is 5.26 Å². The first-order chi connectivity index (χ1) is 30.7. The van der Waals surface area contributed by atoms with Crippen LogP contribution in [-0.4, -0.2) is 0 Å². The molecule has 10 aromatic rings. The van der Waals surface area contributed by atoms with Gasteiger partial charge in [-0.2, -0.15) is 5.26 Å². The Labute approximate surface area is 361 Å². The van der Waals surface area contributed by atoms with Crippen molar-refractivity contribution >= 4 is 72.1 Å². The maximum Gasteiger partial charge on any atom is 0.196 e. The molecule has 0 heterocycles. The summed E-state index contributed by atoms with van der Waals surface area (Å²) in [5.41, 5.74) is 10.6. The number of para-hydroxylation sites is 4. The monoisotopic (exact) mass is 786 g/mol. The molecule has 0 aromatic heterocycles. The van der Waals surface area contributed by atoms with Crippen molar-refractivity contribution in [3.05, 3.63) is 245 Å². The molecule has 4 nitrogen and oxygen atoms in total. The SMILES string of the molecule is [C-]#[N+]c1cc(C#Cc2ccc(N(c3ccccc3)c3ccccc3)cc2)c2ccc3c(C#N)cc(C#Cc4ccc(N(c5ccccc5)c5ccccc5)cc4)c4ccc1c2c34. The molecule has 0 unspecified atom stereocenters. The van der Waals surface area contributed by atoms with Gasteiger partial charge in [0.25, 0.3) is 0 Å². The quantitative estimate of drug-likeness (QED) is 0.0956. The first-order valence-electron chi connectivity index (χ1n) is 20.3. The molecule has 0 atom stereocenters. The number of benzene rings is 10. The fraction of sp³-hybridized carbons (Fsp3) is 0. The molecule has 0 saturated heterocycles. The van der Waals surface area contributed by atoms with Crippen LogP contribution in [0.4, 0.5) is 39.8 Å². The summed E-state index contributed by atoms with van der Waals surface area (Å²) in [6.07, 6.45) is 0. The van der Waals surface area contributed by atoms with E-state index in [-0.39, 0.29) is 0 Å². The molecule has 0 saturated carbocycles. The van der Waals surface area contributed by atoms with Gasteiger partial charge in [-0.05, 0) is 136 Å². The molecule has 0 aliphatic carbocycles. The Balaban J connectivity index is 1.02. The van der Waals surface area contributed by atoms with E-state index in [1.165, 1.54) is 0 Å². The molecule has 10 aromatic carbocycles. The lowest BCUT2D eigenvalue weighted by atomic mass is 9.87. The molecule has 0 aliphatic rings. The van der Waals surface area contributed by atoms with Crippen molar-refractivity contribution in [2.45, 2.75) is 0 Å². The van der Waals surface area contributed by atoms with Crippen LogP contribution in [0, 0.1) is 41.6 Å². The molecule has 286 valence electrons. The topological polar surface area (TPSA) is 34.6 Å². The Bertz CT molecular complexity index is 3140. The number of nitriles is 1. The van der Waals surface area contributed by atoms with E-state index in [2.05, 4.69) is 117 Å². The predicted molar refractivity (Wildman–Crippen MR) is 255 cm³/mol.